The lowest BCUT2D eigenvalue weighted by Crippen LogP contribution is -2.55. The van der Waals surface area contributed by atoms with Gasteiger partial charge in [-0.05, 0) is 24.6 Å². The van der Waals surface area contributed by atoms with Crippen LogP contribution in [-0.4, -0.2) is 65.1 Å². The first-order valence-electron chi connectivity index (χ1n) is 9.67. The van der Waals surface area contributed by atoms with Crippen molar-refractivity contribution < 1.29 is 13.6 Å². The number of fused-ring (bicyclic) bond motifs is 2. The number of likely N-dealkylation sites (tertiary alicyclic amines) is 1. The van der Waals surface area contributed by atoms with Crippen molar-refractivity contribution in [1.29, 1.82) is 0 Å². The third kappa shape index (κ3) is 3.29. The number of carbonyl (C=O) groups excluding carboxylic acids is 1. The number of nitrogens with one attached hydrogen (secondary N) is 1. The van der Waals surface area contributed by atoms with Crippen molar-refractivity contribution in [1.82, 2.24) is 34.1 Å². The summed E-state index contributed by atoms with van der Waals surface area (Å²) in [6.07, 6.45) is 5.12. The van der Waals surface area contributed by atoms with Crippen molar-refractivity contribution in [2.24, 2.45) is 0 Å². The average molecular weight is 427 g/mol. The lowest BCUT2D eigenvalue weighted by molar-refractivity contribution is -0.140. The number of piperidine rings is 1. The first kappa shape index (κ1) is 19.2. The molecular formula is C19H19F2N9O. The normalized spacial score (nSPS) is 18.5. The van der Waals surface area contributed by atoms with Crippen LogP contribution in [-0.2, 0) is 4.79 Å². The summed E-state index contributed by atoms with van der Waals surface area (Å²) in [5, 5.41) is 11.5. The molecule has 1 atom stereocenters. The Hall–Kier alpha value is -3.83. The van der Waals surface area contributed by atoms with Gasteiger partial charge in [0, 0.05) is 37.6 Å². The van der Waals surface area contributed by atoms with Crippen molar-refractivity contribution in [3.8, 4) is 11.3 Å². The number of nitrogen functional groups attached to an aromatic ring is 1. The molecule has 31 heavy (non-hydrogen) atoms. The van der Waals surface area contributed by atoms with Crippen molar-refractivity contribution in [2.75, 3.05) is 24.1 Å². The van der Waals surface area contributed by atoms with Gasteiger partial charge in [-0.25, -0.2) is 22.8 Å². The molecule has 1 fully saturated rings. The smallest absolute Gasteiger partial charge is 0.285 e. The van der Waals surface area contributed by atoms with Crippen LogP contribution in [0.5, 0.6) is 0 Å². The lowest BCUT2D eigenvalue weighted by atomic mass is 10.0. The van der Waals surface area contributed by atoms with Crippen LogP contribution < -0.4 is 11.1 Å². The molecule has 0 bridgehead atoms. The van der Waals surface area contributed by atoms with Gasteiger partial charge in [-0.2, -0.15) is 10.1 Å². The predicted octanol–water partition coefficient (Wildman–Crippen LogP) is 1.69. The molecule has 5 rings (SSSR count). The van der Waals surface area contributed by atoms with Crippen LogP contribution in [0.15, 0.2) is 36.8 Å². The van der Waals surface area contributed by atoms with E-state index < -0.39 is 18.5 Å². The van der Waals surface area contributed by atoms with E-state index in [9.17, 15) is 13.6 Å². The quantitative estimate of drug-likeness (QED) is 0.511. The maximum atomic E-state index is 14.5. The van der Waals surface area contributed by atoms with Crippen molar-refractivity contribution in [3.05, 3.63) is 36.8 Å². The molecule has 1 saturated heterocycles. The molecule has 0 aliphatic carbocycles. The summed E-state index contributed by atoms with van der Waals surface area (Å²) in [5.41, 5.74) is 8.75. The maximum Gasteiger partial charge on any atom is 0.285 e. The van der Waals surface area contributed by atoms with E-state index in [2.05, 4.69) is 25.5 Å². The van der Waals surface area contributed by atoms with Gasteiger partial charge in [-0.3, -0.25) is 4.79 Å². The van der Waals surface area contributed by atoms with E-state index >= 15 is 0 Å². The minimum Gasteiger partial charge on any atom is -0.382 e. The molecule has 3 N–H and O–H groups in total. The molecule has 0 aromatic carbocycles. The van der Waals surface area contributed by atoms with E-state index in [4.69, 9.17) is 5.73 Å². The van der Waals surface area contributed by atoms with Gasteiger partial charge in [-0.1, -0.05) is 0 Å². The minimum atomic E-state index is -3.12. The predicted molar refractivity (Wildman–Crippen MR) is 109 cm³/mol. The summed E-state index contributed by atoms with van der Waals surface area (Å²) in [4.78, 5) is 20.9. The number of rotatable bonds is 3. The number of hydrogen-bond acceptors (Lipinski definition) is 7. The fraction of sp³-hybridized carbons (Fsp3) is 0.316. The number of imidazole rings is 1. The summed E-state index contributed by atoms with van der Waals surface area (Å²) < 4.78 is 32.2. The second-order valence-corrected chi connectivity index (χ2v) is 7.48. The molecular weight excluding hydrogens is 408 g/mol. The Morgan fingerprint density at radius 2 is 2.06 bits per heavy atom. The SMILES string of the molecule is CC(=O)N1CC[C@@H](Nc2nc(N)c3c(-c4ccc5nccn5n4)ccn3n2)C(F)(F)C1. The second-order valence-electron chi connectivity index (χ2n) is 7.48. The summed E-state index contributed by atoms with van der Waals surface area (Å²) in [6, 6.07) is 4.22. The van der Waals surface area contributed by atoms with Gasteiger partial charge >= 0.3 is 0 Å². The largest absolute Gasteiger partial charge is 0.382 e. The summed E-state index contributed by atoms with van der Waals surface area (Å²) in [7, 11) is 0. The van der Waals surface area contributed by atoms with Crippen LogP contribution in [0.1, 0.15) is 13.3 Å². The highest BCUT2D eigenvalue weighted by Crippen LogP contribution is 2.31. The Bertz CT molecular complexity index is 1300. The molecule has 160 valence electrons. The monoisotopic (exact) mass is 427 g/mol. The highest BCUT2D eigenvalue weighted by molar-refractivity contribution is 5.86. The fourth-order valence-corrected chi connectivity index (χ4v) is 3.82. The molecule has 12 heteroatoms. The van der Waals surface area contributed by atoms with E-state index in [1.54, 1.807) is 29.2 Å². The van der Waals surface area contributed by atoms with Crippen LogP contribution in [0.2, 0.25) is 0 Å². The number of alkyl halides is 2. The zero-order valence-electron chi connectivity index (χ0n) is 16.5. The first-order valence-corrected chi connectivity index (χ1v) is 9.67. The van der Waals surface area contributed by atoms with E-state index in [1.165, 1.54) is 11.4 Å². The molecule has 4 aromatic rings. The number of halogens is 2. The highest BCUT2D eigenvalue weighted by atomic mass is 19.3. The van der Waals surface area contributed by atoms with Crippen LogP contribution in [0.25, 0.3) is 22.4 Å². The van der Waals surface area contributed by atoms with Gasteiger partial charge in [0.1, 0.15) is 5.52 Å². The molecule has 0 unspecified atom stereocenters. The third-order valence-electron chi connectivity index (χ3n) is 5.42. The van der Waals surface area contributed by atoms with Gasteiger partial charge in [0.15, 0.2) is 11.5 Å². The summed E-state index contributed by atoms with van der Waals surface area (Å²) in [6.45, 7) is 0.870. The first-order chi connectivity index (χ1) is 14.8. The fourth-order valence-electron chi connectivity index (χ4n) is 3.82. The van der Waals surface area contributed by atoms with E-state index in [0.717, 1.165) is 4.90 Å². The Balaban J connectivity index is 1.45. The maximum absolute atomic E-state index is 14.5. The highest BCUT2D eigenvalue weighted by Gasteiger charge is 2.45. The number of nitrogens with two attached hydrogens (primary N) is 1. The zero-order valence-corrected chi connectivity index (χ0v) is 16.5. The topological polar surface area (TPSA) is 119 Å². The van der Waals surface area contributed by atoms with E-state index in [1.807, 2.05) is 12.1 Å². The molecule has 10 nitrogen and oxygen atoms in total. The summed E-state index contributed by atoms with van der Waals surface area (Å²) >= 11 is 0. The zero-order chi connectivity index (χ0) is 21.8. The average Bonchev–Trinajstić information content (AvgIpc) is 3.35. The van der Waals surface area contributed by atoms with Crippen LogP contribution in [0, 0.1) is 0 Å². The molecule has 0 spiro atoms. The van der Waals surface area contributed by atoms with Gasteiger partial charge < -0.3 is 16.0 Å². The summed E-state index contributed by atoms with van der Waals surface area (Å²) in [5.74, 6) is -3.37. The number of aromatic nitrogens is 6. The Labute approximate surface area is 174 Å². The van der Waals surface area contributed by atoms with Gasteiger partial charge in [-0.15, -0.1) is 5.10 Å². The number of carbonyl (C=O) groups is 1. The van der Waals surface area contributed by atoms with Gasteiger partial charge in [0.2, 0.25) is 11.9 Å². The lowest BCUT2D eigenvalue weighted by Gasteiger charge is -2.38. The molecule has 1 aliphatic rings. The Kier molecular flexibility index (Phi) is 4.24. The van der Waals surface area contributed by atoms with Crippen LogP contribution >= 0.6 is 0 Å². The van der Waals surface area contributed by atoms with Crippen LogP contribution in [0.3, 0.4) is 0 Å². The molecule has 4 aromatic heterocycles. The van der Waals surface area contributed by atoms with Crippen molar-refractivity contribution in [3.63, 3.8) is 0 Å². The minimum absolute atomic E-state index is 0.00822. The number of anilines is 2. The molecule has 1 aliphatic heterocycles. The van der Waals surface area contributed by atoms with Crippen molar-refractivity contribution >= 4 is 28.8 Å². The number of hydrogen-bond donors (Lipinski definition) is 2. The standard InChI is InChI=1S/C19H19F2N9O/c1-11(31)28-7-5-14(19(20,21)10-28)24-18-25-17(22)16-12(4-8-30(16)27-18)13-2-3-15-23-6-9-29(15)26-13/h2-4,6,8-9,14H,5,7,10H2,1H3,(H3,22,24,25,27)/t14-/m1/s1. The van der Waals surface area contributed by atoms with E-state index in [0.29, 0.717) is 22.4 Å². The molecule has 1 amide bonds. The molecule has 0 saturated carbocycles. The Morgan fingerprint density at radius 1 is 1.23 bits per heavy atom. The van der Waals surface area contributed by atoms with Crippen molar-refractivity contribution in [2.45, 2.75) is 25.3 Å². The van der Waals surface area contributed by atoms with Crippen LogP contribution in [0.4, 0.5) is 20.5 Å². The number of nitrogens with zero attached hydrogens (tertiary/aromatic N) is 7. The number of amides is 1. The second kappa shape index (κ2) is 6.86. The Morgan fingerprint density at radius 3 is 2.84 bits per heavy atom. The van der Waals surface area contributed by atoms with Gasteiger partial charge in [0.05, 0.1) is 18.3 Å². The third-order valence-corrected chi connectivity index (χ3v) is 5.42. The molecule has 0 radical (unpaired) electrons. The van der Waals surface area contributed by atoms with Gasteiger partial charge in [0.25, 0.3) is 5.92 Å². The molecule has 5 heterocycles. The van der Waals surface area contributed by atoms with E-state index in [-0.39, 0.29) is 30.6 Å².